The first-order chi connectivity index (χ1) is 66.1. The molecule has 0 spiro atoms. The van der Waals surface area contributed by atoms with Gasteiger partial charge in [-0.15, -0.1) is 0 Å². The summed E-state index contributed by atoms with van der Waals surface area (Å²) in [5, 5.41) is 41.5. The number of nitrogens with one attached hydrogen (secondary N) is 14. The van der Waals surface area contributed by atoms with Crippen molar-refractivity contribution in [2.75, 3.05) is 52.9 Å². The Balaban J connectivity index is 0. The molecule has 138 heavy (non-hydrogen) atoms. The van der Waals surface area contributed by atoms with E-state index in [4.69, 9.17) is 0 Å². The Hall–Kier alpha value is -7.75. The van der Waals surface area contributed by atoms with Crippen molar-refractivity contribution < 1.29 is 71.9 Å². The van der Waals surface area contributed by atoms with Crippen LogP contribution < -0.4 is 74.4 Å². The average molecular weight is 1950 g/mol. The van der Waals surface area contributed by atoms with Crippen molar-refractivity contribution in [1.29, 1.82) is 0 Å². The van der Waals surface area contributed by atoms with Crippen LogP contribution in [0.15, 0.2) is 0 Å². The molecule has 0 bridgehead atoms. The van der Waals surface area contributed by atoms with E-state index in [1.165, 1.54) is 7.05 Å². The van der Waals surface area contributed by atoms with Crippen molar-refractivity contribution in [2.45, 2.75) is 501 Å². The molecule has 15 atom stereocenters. The third-order valence-corrected chi connectivity index (χ3v) is 26.9. The molecule has 0 fully saturated rings. The lowest BCUT2D eigenvalue weighted by Crippen LogP contribution is -2.54. The van der Waals surface area contributed by atoms with Gasteiger partial charge in [-0.05, 0) is 187 Å². The molecule has 0 aromatic carbocycles. The maximum atomic E-state index is 14.2. The van der Waals surface area contributed by atoms with Crippen LogP contribution in [0.1, 0.15) is 465 Å². The predicted molar refractivity (Wildman–Crippen MR) is 560 cm³/mol. The van der Waals surface area contributed by atoms with Crippen molar-refractivity contribution in [2.24, 2.45) is 53.3 Å². The van der Waals surface area contributed by atoms with E-state index in [1.54, 1.807) is 6.92 Å². The molecule has 0 aromatic heterocycles. The van der Waals surface area contributed by atoms with Gasteiger partial charge in [-0.1, -0.05) is 278 Å². The molecule has 0 radical (unpaired) electrons. The normalized spacial score (nSPS) is 14.5. The molecule has 0 heterocycles. The van der Waals surface area contributed by atoms with E-state index < -0.39 is 48.1 Å². The summed E-state index contributed by atoms with van der Waals surface area (Å²) in [6.07, 6.45) is 42.7. The molecule has 0 aromatic rings. The van der Waals surface area contributed by atoms with Crippen LogP contribution in [-0.2, 0) is 71.9 Å². The van der Waals surface area contributed by atoms with Crippen LogP contribution in [0.5, 0.6) is 0 Å². The summed E-state index contributed by atoms with van der Waals surface area (Å²) in [6.45, 7) is 38.8. The summed E-state index contributed by atoms with van der Waals surface area (Å²) in [4.78, 5) is 197. The quantitative estimate of drug-likeness (QED) is 0.0252. The number of hydrogen-bond acceptors (Lipinski definition) is 15. The number of carbonyl (C=O) groups excluding carboxylic acids is 15. The van der Waals surface area contributed by atoms with E-state index in [9.17, 15) is 71.9 Å². The van der Waals surface area contributed by atoms with Crippen LogP contribution >= 0.6 is 0 Å². The zero-order chi connectivity index (χ0) is 104. The standard InChI is InChI=1S/C58H109N7O8.C51H97N7O7/c1-11-15-19-32-44(6)52(67)59-39-28-24-36-49(63-54(69)46(8)34-21-17-13-3)56(71)62-42-30-25-37-50(57(72)61-41-27-23-31-43(5)48(10)66)65-58(73)51(64-55(70)47(9)35-22-18-14-4)38-26-29-40-60-53(68)45(7)33-20-16-12-2;1-10-14-18-28-38(5)45(59)53-35-25-23-33-43(56-47(61)40(7)30-20-16-12-3)50(64)55-37-27-22-32-42(49(63)52-9)58-51(65)44(57-48(62)41(8)31-21-17-13-4)34-24-26-36-54-46(60)39(6)29-19-15-11-2/h43-47,49-51H,11-42H2,1-10H3,(H,59,67)(H,60,68)(H,61,72)(H,62,71)(H,63,69)(H,64,70)(H,65,73);38-44H,10-37H2,1-9H3,(H,52,63)(H,53,59)(H,54,60)(H,55,64)(H,56,61)(H,57,62)(H,58,65). The second-order valence-electron chi connectivity index (χ2n) is 40.2. The van der Waals surface area contributed by atoms with Gasteiger partial charge in [-0.25, -0.2) is 0 Å². The highest BCUT2D eigenvalue weighted by molar-refractivity contribution is 5.94. The zero-order valence-electron chi connectivity index (χ0n) is 90.7. The van der Waals surface area contributed by atoms with Gasteiger partial charge in [0.2, 0.25) is 82.7 Å². The Bertz CT molecular complexity index is 3290. The lowest BCUT2D eigenvalue weighted by Gasteiger charge is -2.25. The van der Waals surface area contributed by atoms with Crippen LogP contribution in [0.25, 0.3) is 0 Å². The average Bonchev–Trinajstić information content (AvgIpc) is 0.886. The number of amides is 14. The fourth-order valence-electron chi connectivity index (χ4n) is 16.4. The second kappa shape index (κ2) is 87.1. The van der Waals surface area contributed by atoms with Gasteiger partial charge in [0, 0.05) is 106 Å². The molecule has 14 N–H and O–H groups in total. The maximum Gasteiger partial charge on any atom is 0.243 e. The summed E-state index contributed by atoms with van der Waals surface area (Å²) < 4.78 is 0. The van der Waals surface area contributed by atoms with Gasteiger partial charge in [-0.3, -0.25) is 71.9 Å². The van der Waals surface area contributed by atoms with E-state index >= 15 is 0 Å². The van der Waals surface area contributed by atoms with Crippen molar-refractivity contribution in [1.82, 2.24) is 74.4 Å². The fourth-order valence-corrected chi connectivity index (χ4v) is 16.4. The maximum absolute atomic E-state index is 14.2. The van der Waals surface area contributed by atoms with Crippen LogP contribution in [0.3, 0.4) is 0 Å². The Morgan fingerprint density at radius 1 is 0.159 bits per heavy atom. The van der Waals surface area contributed by atoms with Crippen molar-refractivity contribution in [3.05, 3.63) is 0 Å². The van der Waals surface area contributed by atoms with E-state index in [-0.39, 0.29) is 136 Å². The number of ketones is 1. The monoisotopic (exact) mass is 1950 g/mol. The minimum absolute atomic E-state index is 0.0206. The molecule has 14 amide bonds. The van der Waals surface area contributed by atoms with Crippen LogP contribution in [0, 0.1) is 53.3 Å². The number of Topliss-reactive ketones (excluding diaryl/α,β-unsaturated/α-hetero) is 1. The molecule has 0 rings (SSSR count). The molecule has 0 aliphatic heterocycles. The van der Waals surface area contributed by atoms with Crippen LogP contribution in [-0.4, -0.2) is 178 Å². The third kappa shape index (κ3) is 68.4. The molecule has 15 unspecified atom stereocenters. The summed E-state index contributed by atoms with van der Waals surface area (Å²) >= 11 is 0. The molecule has 802 valence electrons. The molecule has 29 heteroatoms. The van der Waals surface area contributed by atoms with Crippen molar-refractivity contribution >= 4 is 88.5 Å². The minimum atomic E-state index is -0.907. The number of likely N-dealkylation sites (N-methyl/N-ethyl adjacent to an activating group) is 1. The highest BCUT2D eigenvalue weighted by Crippen LogP contribution is 2.21. The van der Waals surface area contributed by atoms with E-state index in [0.29, 0.717) is 168 Å². The first-order valence-corrected chi connectivity index (χ1v) is 55.6. The fraction of sp³-hybridized carbons (Fsp3) is 0.862. The summed E-state index contributed by atoms with van der Waals surface area (Å²) in [5.74, 6) is -3.84. The highest BCUT2D eigenvalue weighted by Gasteiger charge is 2.32. The van der Waals surface area contributed by atoms with E-state index in [1.807, 2.05) is 62.3 Å². The number of carbonyl (C=O) groups is 15. The Morgan fingerprint density at radius 3 is 0.471 bits per heavy atom. The van der Waals surface area contributed by atoms with Gasteiger partial charge in [0.1, 0.15) is 42.0 Å². The zero-order valence-corrected chi connectivity index (χ0v) is 90.7. The topological polar surface area (TPSA) is 424 Å². The number of hydrogen-bond donors (Lipinski definition) is 14. The van der Waals surface area contributed by atoms with E-state index in [0.717, 1.165) is 212 Å². The lowest BCUT2D eigenvalue weighted by atomic mass is 10.00. The third-order valence-electron chi connectivity index (χ3n) is 26.9. The second-order valence-corrected chi connectivity index (χ2v) is 40.2. The Morgan fingerprint density at radius 2 is 0.297 bits per heavy atom. The number of unbranched alkanes of at least 4 members (excludes halogenated alkanes) is 23. The summed E-state index contributed by atoms with van der Waals surface area (Å²) in [7, 11) is 1.51. The van der Waals surface area contributed by atoms with Crippen LogP contribution in [0.2, 0.25) is 0 Å². The molecule has 29 nitrogen and oxygen atoms in total. The van der Waals surface area contributed by atoms with Gasteiger partial charge < -0.3 is 74.4 Å². The van der Waals surface area contributed by atoms with Crippen molar-refractivity contribution in [3.63, 3.8) is 0 Å². The van der Waals surface area contributed by atoms with Gasteiger partial charge >= 0.3 is 0 Å². The highest BCUT2D eigenvalue weighted by atomic mass is 16.2. The molecule has 0 aliphatic carbocycles. The van der Waals surface area contributed by atoms with Gasteiger partial charge in [-0.2, -0.15) is 0 Å². The SMILES string of the molecule is CCCCCC(C)C(=O)NCCCCC(NC(=O)C(C)CCCCC)C(=O)NCCCCC(NC(=O)C(CCCCNC(=O)C(C)CCCCC)NC(=O)C(C)CCCCC)C(=O)NC.CCCCCC(C)C(=O)NCCCCC(NC(=O)C(C)CCCCC)C(=O)NCCCCC(NC(=O)C(CCCCNC(=O)C(C)CCCCC)NC(=O)C(C)CCCCC)C(=O)NCCCCC(C)C(C)=O. The predicted octanol–water partition coefficient (Wildman–Crippen LogP) is 17.6. The molecular weight excluding hydrogens is 1750 g/mol. The minimum Gasteiger partial charge on any atom is -0.357 e. The smallest absolute Gasteiger partial charge is 0.243 e. The molecule has 0 aliphatic rings. The summed E-state index contributed by atoms with van der Waals surface area (Å²) in [5.41, 5.74) is 0. The lowest BCUT2D eigenvalue weighted by molar-refractivity contribution is -0.133. The molecule has 0 saturated heterocycles. The van der Waals surface area contributed by atoms with Crippen LogP contribution in [0.4, 0.5) is 0 Å². The first-order valence-electron chi connectivity index (χ1n) is 55.6. The van der Waals surface area contributed by atoms with E-state index in [2.05, 4.69) is 130 Å². The first kappa shape index (κ1) is 132. The Labute approximate surface area is 837 Å². The molecule has 0 saturated carbocycles. The molecular formula is C109H206N14O15. The largest absolute Gasteiger partial charge is 0.357 e. The van der Waals surface area contributed by atoms with Crippen molar-refractivity contribution in [3.8, 4) is 0 Å². The van der Waals surface area contributed by atoms with Gasteiger partial charge in [0.15, 0.2) is 0 Å². The Kier molecular flexibility index (Phi) is 83.5. The van der Waals surface area contributed by atoms with Gasteiger partial charge in [0.25, 0.3) is 0 Å². The summed E-state index contributed by atoms with van der Waals surface area (Å²) in [6, 6.07) is -4.94. The number of rotatable bonds is 88. The van der Waals surface area contributed by atoms with Gasteiger partial charge in [0.05, 0.1) is 0 Å².